The molecule has 0 saturated heterocycles. The highest BCUT2D eigenvalue weighted by Gasteiger charge is 2.20. The van der Waals surface area contributed by atoms with Gasteiger partial charge in [0.1, 0.15) is 5.69 Å². The number of nitrogens with one attached hydrogen (secondary N) is 2. The summed E-state index contributed by atoms with van der Waals surface area (Å²) < 4.78 is 0. The molecule has 2 amide bonds. The van der Waals surface area contributed by atoms with Crippen molar-refractivity contribution in [3.8, 4) is 0 Å². The van der Waals surface area contributed by atoms with Crippen LogP contribution in [0.3, 0.4) is 0 Å². The molecule has 0 bridgehead atoms. The molecule has 1 atom stereocenters. The summed E-state index contributed by atoms with van der Waals surface area (Å²) in [5.41, 5.74) is 5.45. The van der Waals surface area contributed by atoms with Crippen molar-refractivity contribution < 1.29 is 19.5 Å². The summed E-state index contributed by atoms with van der Waals surface area (Å²) in [6.07, 6.45) is 1.81. The highest BCUT2D eigenvalue weighted by molar-refractivity contribution is 5.98. The molecule has 5 N–H and O–H groups in total. The second kappa shape index (κ2) is 6.74. The Bertz CT molecular complexity index is 507. The Hall–Kier alpha value is -2.31. The van der Waals surface area contributed by atoms with Gasteiger partial charge in [0, 0.05) is 12.7 Å². The number of H-pyrrole nitrogens is 1. The molecule has 1 aromatic rings. The number of hydrogen-bond donors (Lipinski definition) is 4. The zero-order valence-electron chi connectivity index (χ0n) is 11.5. The van der Waals surface area contributed by atoms with Crippen molar-refractivity contribution in [3.63, 3.8) is 0 Å². The normalized spacial score (nSPS) is 12.2. The van der Waals surface area contributed by atoms with E-state index in [0.717, 1.165) is 0 Å². The van der Waals surface area contributed by atoms with Gasteiger partial charge in [-0.25, -0.2) is 0 Å². The van der Waals surface area contributed by atoms with E-state index in [0.29, 0.717) is 6.42 Å². The molecular formula is C13H19N3O4. The third-order valence-corrected chi connectivity index (χ3v) is 2.83. The van der Waals surface area contributed by atoms with E-state index in [9.17, 15) is 14.4 Å². The molecule has 1 aromatic heterocycles. The number of hydrogen-bond acceptors (Lipinski definition) is 3. The Morgan fingerprint density at radius 3 is 2.50 bits per heavy atom. The number of carbonyl (C=O) groups is 3. The number of nitrogens with two attached hydrogens (primary N) is 1. The third-order valence-electron chi connectivity index (χ3n) is 2.83. The molecule has 1 rings (SSSR count). The van der Waals surface area contributed by atoms with Gasteiger partial charge in [-0.05, 0) is 18.4 Å². The maximum Gasteiger partial charge on any atom is 0.308 e. The standard InChI is InChI=1S/C13H19N3O4/c1-7(2)3-9(13(19)20)6-16-12(18)10-4-8(5-15-10)11(14)17/h4-5,7,9,15H,3,6H2,1-2H3,(H2,14,17)(H,16,18)(H,19,20). The minimum Gasteiger partial charge on any atom is -0.481 e. The fraction of sp³-hybridized carbons (Fsp3) is 0.462. The summed E-state index contributed by atoms with van der Waals surface area (Å²) in [4.78, 5) is 36.4. The quantitative estimate of drug-likeness (QED) is 0.583. The summed E-state index contributed by atoms with van der Waals surface area (Å²) in [6.45, 7) is 3.88. The van der Waals surface area contributed by atoms with E-state index >= 15 is 0 Å². The summed E-state index contributed by atoms with van der Waals surface area (Å²) in [7, 11) is 0. The third kappa shape index (κ3) is 4.42. The van der Waals surface area contributed by atoms with Crippen molar-refractivity contribution in [1.29, 1.82) is 0 Å². The average Bonchev–Trinajstić information content (AvgIpc) is 2.82. The van der Waals surface area contributed by atoms with Gasteiger partial charge < -0.3 is 21.1 Å². The van der Waals surface area contributed by atoms with Crippen LogP contribution in [0.5, 0.6) is 0 Å². The molecule has 1 heterocycles. The lowest BCUT2D eigenvalue weighted by Crippen LogP contribution is -2.33. The predicted octanol–water partition coefficient (Wildman–Crippen LogP) is 0.590. The Labute approximate surface area is 116 Å². The van der Waals surface area contributed by atoms with Crippen LogP contribution in [0.4, 0.5) is 0 Å². The van der Waals surface area contributed by atoms with E-state index in [1.807, 2.05) is 13.8 Å². The van der Waals surface area contributed by atoms with E-state index in [4.69, 9.17) is 10.8 Å². The van der Waals surface area contributed by atoms with E-state index < -0.39 is 23.7 Å². The van der Waals surface area contributed by atoms with Gasteiger partial charge in [0.15, 0.2) is 0 Å². The van der Waals surface area contributed by atoms with Crippen molar-refractivity contribution in [1.82, 2.24) is 10.3 Å². The number of amides is 2. The number of aliphatic carboxylic acids is 1. The second-order valence-electron chi connectivity index (χ2n) is 5.04. The largest absolute Gasteiger partial charge is 0.481 e. The topological polar surface area (TPSA) is 125 Å². The molecule has 7 heteroatoms. The minimum atomic E-state index is -0.941. The second-order valence-corrected chi connectivity index (χ2v) is 5.04. The van der Waals surface area contributed by atoms with E-state index in [-0.39, 0.29) is 23.7 Å². The van der Waals surface area contributed by atoms with Crippen molar-refractivity contribution in [2.24, 2.45) is 17.6 Å². The lowest BCUT2D eigenvalue weighted by Gasteiger charge is -2.15. The molecule has 1 unspecified atom stereocenters. The Morgan fingerprint density at radius 2 is 2.05 bits per heavy atom. The van der Waals surface area contributed by atoms with Crippen LogP contribution in [0, 0.1) is 11.8 Å². The number of carboxylic acids is 1. The lowest BCUT2D eigenvalue weighted by molar-refractivity contribution is -0.142. The zero-order chi connectivity index (χ0) is 15.3. The molecule has 0 saturated carbocycles. The Kier molecular flexibility index (Phi) is 5.31. The first kappa shape index (κ1) is 15.7. The molecule has 20 heavy (non-hydrogen) atoms. The van der Waals surface area contributed by atoms with Gasteiger partial charge in [0.05, 0.1) is 11.5 Å². The van der Waals surface area contributed by atoms with Crippen molar-refractivity contribution in [3.05, 3.63) is 23.5 Å². The first-order valence-corrected chi connectivity index (χ1v) is 6.30. The van der Waals surface area contributed by atoms with E-state index in [1.165, 1.54) is 12.3 Å². The number of aromatic nitrogens is 1. The number of primary amides is 1. The molecule has 7 nitrogen and oxygen atoms in total. The number of aromatic amines is 1. The Balaban J connectivity index is 2.60. The number of carbonyl (C=O) groups excluding carboxylic acids is 2. The molecule has 110 valence electrons. The van der Waals surface area contributed by atoms with Crippen molar-refractivity contribution in [2.45, 2.75) is 20.3 Å². The first-order chi connectivity index (χ1) is 9.31. The van der Waals surface area contributed by atoms with Gasteiger partial charge >= 0.3 is 5.97 Å². The highest BCUT2D eigenvalue weighted by Crippen LogP contribution is 2.11. The van der Waals surface area contributed by atoms with Gasteiger partial charge in [0.25, 0.3) is 5.91 Å². The van der Waals surface area contributed by atoms with Gasteiger partial charge in [-0.15, -0.1) is 0 Å². The van der Waals surface area contributed by atoms with Crippen LogP contribution in [0.15, 0.2) is 12.3 Å². The summed E-state index contributed by atoms with van der Waals surface area (Å²) in [6, 6.07) is 1.33. The van der Waals surface area contributed by atoms with Gasteiger partial charge in [-0.3, -0.25) is 14.4 Å². The van der Waals surface area contributed by atoms with Crippen molar-refractivity contribution in [2.75, 3.05) is 6.54 Å². The SMILES string of the molecule is CC(C)CC(CNC(=O)c1cc(C(N)=O)c[nH]1)C(=O)O. The van der Waals surface area contributed by atoms with Crippen LogP contribution in [0.25, 0.3) is 0 Å². The average molecular weight is 281 g/mol. The minimum absolute atomic E-state index is 0.0390. The van der Waals surface area contributed by atoms with Gasteiger partial charge in [-0.2, -0.15) is 0 Å². The fourth-order valence-corrected chi connectivity index (χ4v) is 1.82. The van der Waals surface area contributed by atoms with E-state index in [1.54, 1.807) is 0 Å². The maximum atomic E-state index is 11.8. The number of rotatable bonds is 7. The Morgan fingerprint density at radius 1 is 1.40 bits per heavy atom. The molecule has 0 aliphatic rings. The van der Waals surface area contributed by atoms with Crippen LogP contribution in [-0.2, 0) is 4.79 Å². The molecule has 0 spiro atoms. The molecule has 0 radical (unpaired) electrons. The van der Waals surface area contributed by atoms with Crippen LogP contribution in [0.1, 0.15) is 41.1 Å². The highest BCUT2D eigenvalue weighted by atomic mass is 16.4. The predicted molar refractivity (Wildman–Crippen MR) is 72.2 cm³/mol. The lowest BCUT2D eigenvalue weighted by atomic mass is 9.97. The summed E-state index contributed by atoms with van der Waals surface area (Å²) >= 11 is 0. The smallest absolute Gasteiger partial charge is 0.308 e. The monoisotopic (exact) mass is 281 g/mol. The summed E-state index contributed by atoms with van der Waals surface area (Å²) in [5.74, 6) is -2.45. The summed E-state index contributed by atoms with van der Waals surface area (Å²) in [5, 5.41) is 11.6. The molecule has 0 fully saturated rings. The zero-order valence-corrected chi connectivity index (χ0v) is 11.5. The van der Waals surface area contributed by atoms with Crippen LogP contribution in [-0.4, -0.2) is 34.4 Å². The maximum absolute atomic E-state index is 11.8. The molecular weight excluding hydrogens is 262 g/mol. The van der Waals surface area contributed by atoms with Gasteiger partial charge in [-0.1, -0.05) is 13.8 Å². The van der Waals surface area contributed by atoms with E-state index in [2.05, 4.69) is 10.3 Å². The van der Waals surface area contributed by atoms with Crippen LogP contribution in [0.2, 0.25) is 0 Å². The first-order valence-electron chi connectivity index (χ1n) is 6.30. The molecule has 0 aromatic carbocycles. The fourth-order valence-electron chi connectivity index (χ4n) is 1.82. The molecule has 0 aliphatic heterocycles. The van der Waals surface area contributed by atoms with Crippen molar-refractivity contribution >= 4 is 17.8 Å². The van der Waals surface area contributed by atoms with Crippen LogP contribution < -0.4 is 11.1 Å². The molecule has 0 aliphatic carbocycles. The van der Waals surface area contributed by atoms with Crippen LogP contribution >= 0.6 is 0 Å². The number of carboxylic acid groups (broad SMARTS) is 1. The van der Waals surface area contributed by atoms with Gasteiger partial charge in [0.2, 0.25) is 5.91 Å².